The first-order valence-corrected chi connectivity index (χ1v) is 6.07. The Morgan fingerprint density at radius 2 is 1.88 bits per heavy atom. The molecule has 2 unspecified atom stereocenters. The first kappa shape index (κ1) is 12.5. The van der Waals surface area contributed by atoms with Crippen LogP contribution >= 0.6 is 34.8 Å². The van der Waals surface area contributed by atoms with E-state index in [4.69, 9.17) is 44.3 Å². The minimum absolute atomic E-state index is 0.0528. The number of hydrogen-bond donors (Lipinski definition) is 0. The van der Waals surface area contributed by atoms with Crippen molar-refractivity contribution in [3.05, 3.63) is 35.9 Å². The van der Waals surface area contributed by atoms with E-state index in [0.717, 1.165) is 6.42 Å². The van der Waals surface area contributed by atoms with Gasteiger partial charge in [-0.3, -0.25) is 0 Å². The van der Waals surface area contributed by atoms with Crippen LogP contribution in [0, 0.1) is 0 Å². The summed E-state index contributed by atoms with van der Waals surface area (Å²) in [5.74, 6) is 0. The van der Waals surface area contributed by atoms with E-state index in [2.05, 4.69) is 0 Å². The highest BCUT2D eigenvalue weighted by atomic mass is 35.6. The van der Waals surface area contributed by atoms with E-state index in [-0.39, 0.29) is 6.10 Å². The molecule has 1 aliphatic rings. The third-order valence-electron chi connectivity index (χ3n) is 2.32. The first-order chi connectivity index (χ1) is 7.55. The molecule has 2 rings (SSSR count). The quantitative estimate of drug-likeness (QED) is 0.774. The van der Waals surface area contributed by atoms with Crippen molar-refractivity contribution in [2.45, 2.75) is 22.6 Å². The Hall–Kier alpha value is 0.01000. The fourth-order valence-corrected chi connectivity index (χ4v) is 1.95. The van der Waals surface area contributed by atoms with Crippen molar-refractivity contribution in [1.29, 1.82) is 0 Å². The lowest BCUT2D eigenvalue weighted by atomic mass is 10.1. The Labute approximate surface area is 109 Å². The molecular weight excluding hydrogens is 270 g/mol. The first-order valence-electron chi connectivity index (χ1n) is 4.93. The molecule has 16 heavy (non-hydrogen) atoms. The molecular formula is C11H11Cl3O2. The van der Waals surface area contributed by atoms with Crippen LogP contribution in [0.1, 0.15) is 5.56 Å². The van der Waals surface area contributed by atoms with Crippen LogP contribution in [0.2, 0.25) is 0 Å². The number of halogens is 3. The van der Waals surface area contributed by atoms with E-state index in [1.54, 1.807) is 0 Å². The van der Waals surface area contributed by atoms with Gasteiger partial charge >= 0.3 is 0 Å². The lowest BCUT2D eigenvalue weighted by Crippen LogP contribution is -2.27. The molecule has 1 saturated heterocycles. The Kier molecular flexibility index (Phi) is 3.98. The molecule has 1 fully saturated rings. The lowest BCUT2D eigenvalue weighted by Gasteiger charge is -2.18. The summed E-state index contributed by atoms with van der Waals surface area (Å²) in [5, 5.41) is 0. The largest absolute Gasteiger partial charge is 0.346 e. The summed E-state index contributed by atoms with van der Waals surface area (Å²) in [5.41, 5.74) is 1.18. The molecule has 1 aromatic carbocycles. The van der Waals surface area contributed by atoms with Gasteiger partial charge < -0.3 is 9.47 Å². The number of benzene rings is 1. The average molecular weight is 282 g/mol. The molecule has 0 amide bonds. The SMILES string of the molecule is ClC(Cl)(Cl)C1OCC(Cc2ccccc2)O1. The van der Waals surface area contributed by atoms with Crippen LogP contribution in [0.5, 0.6) is 0 Å². The predicted octanol–water partition coefficient (Wildman–Crippen LogP) is 3.34. The van der Waals surface area contributed by atoms with Gasteiger partial charge in [-0.25, -0.2) is 0 Å². The van der Waals surface area contributed by atoms with Crippen molar-refractivity contribution >= 4 is 34.8 Å². The standard InChI is InChI=1S/C11H11Cl3O2/c12-11(13,14)10-15-7-9(16-10)6-8-4-2-1-3-5-8/h1-5,9-10H,6-7H2. The van der Waals surface area contributed by atoms with Gasteiger partial charge in [-0.15, -0.1) is 0 Å². The fraction of sp³-hybridized carbons (Fsp3) is 0.455. The maximum absolute atomic E-state index is 5.69. The van der Waals surface area contributed by atoms with E-state index in [1.165, 1.54) is 5.56 Å². The number of hydrogen-bond acceptors (Lipinski definition) is 2. The molecule has 88 valence electrons. The Morgan fingerprint density at radius 3 is 2.44 bits per heavy atom. The number of ether oxygens (including phenoxy) is 2. The fourth-order valence-electron chi connectivity index (χ4n) is 1.60. The molecule has 0 radical (unpaired) electrons. The smallest absolute Gasteiger partial charge is 0.240 e. The van der Waals surface area contributed by atoms with Gasteiger partial charge in [0.15, 0.2) is 0 Å². The van der Waals surface area contributed by atoms with Crippen LogP contribution < -0.4 is 0 Å². The predicted molar refractivity (Wildman–Crippen MR) is 65.0 cm³/mol. The van der Waals surface area contributed by atoms with Crippen LogP contribution in [0.4, 0.5) is 0 Å². The third kappa shape index (κ3) is 3.25. The summed E-state index contributed by atoms with van der Waals surface area (Å²) < 4.78 is 9.27. The van der Waals surface area contributed by atoms with E-state index in [0.29, 0.717) is 6.61 Å². The van der Waals surface area contributed by atoms with Gasteiger partial charge in [0.05, 0.1) is 12.7 Å². The molecule has 2 nitrogen and oxygen atoms in total. The summed E-state index contributed by atoms with van der Waals surface area (Å²) in [6.45, 7) is 0.452. The van der Waals surface area contributed by atoms with Crippen molar-refractivity contribution in [3.63, 3.8) is 0 Å². The number of rotatable bonds is 2. The Morgan fingerprint density at radius 1 is 1.19 bits per heavy atom. The van der Waals surface area contributed by atoms with Gasteiger partial charge in [0.1, 0.15) is 0 Å². The zero-order valence-electron chi connectivity index (χ0n) is 8.41. The zero-order chi connectivity index (χ0) is 11.6. The van der Waals surface area contributed by atoms with Crippen LogP contribution in [-0.2, 0) is 15.9 Å². The summed E-state index contributed by atoms with van der Waals surface area (Å²) in [4.78, 5) is 0. The number of alkyl halides is 3. The highest BCUT2D eigenvalue weighted by Crippen LogP contribution is 2.36. The third-order valence-corrected chi connectivity index (χ3v) is 2.86. The highest BCUT2D eigenvalue weighted by molar-refractivity contribution is 6.67. The molecule has 1 aromatic rings. The van der Waals surface area contributed by atoms with Gasteiger partial charge in [0, 0.05) is 6.42 Å². The zero-order valence-corrected chi connectivity index (χ0v) is 10.7. The second-order valence-corrected chi connectivity index (χ2v) is 6.02. The summed E-state index contributed by atoms with van der Waals surface area (Å²) in [6, 6.07) is 10.0. The van der Waals surface area contributed by atoms with Crippen molar-refractivity contribution < 1.29 is 9.47 Å². The Bertz CT molecular complexity index is 337. The molecule has 2 atom stereocenters. The van der Waals surface area contributed by atoms with Crippen molar-refractivity contribution in [3.8, 4) is 0 Å². The molecule has 1 heterocycles. The van der Waals surface area contributed by atoms with Crippen LogP contribution in [-0.4, -0.2) is 22.8 Å². The van der Waals surface area contributed by atoms with Gasteiger partial charge in [-0.05, 0) is 5.56 Å². The minimum atomic E-state index is -1.52. The highest BCUT2D eigenvalue weighted by Gasteiger charge is 2.41. The van der Waals surface area contributed by atoms with E-state index in [1.807, 2.05) is 30.3 Å². The van der Waals surface area contributed by atoms with E-state index < -0.39 is 10.1 Å². The van der Waals surface area contributed by atoms with Gasteiger partial charge in [0.2, 0.25) is 10.1 Å². The molecule has 5 heteroatoms. The van der Waals surface area contributed by atoms with Gasteiger partial charge in [0.25, 0.3) is 0 Å². The van der Waals surface area contributed by atoms with E-state index in [9.17, 15) is 0 Å². The molecule has 0 bridgehead atoms. The summed E-state index contributed by atoms with van der Waals surface area (Å²) in [6.07, 6.45) is -0.0628. The summed E-state index contributed by atoms with van der Waals surface area (Å²) in [7, 11) is 0. The monoisotopic (exact) mass is 280 g/mol. The second-order valence-electron chi connectivity index (χ2n) is 3.65. The normalized spacial score (nSPS) is 25.9. The van der Waals surface area contributed by atoms with E-state index >= 15 is 0 Å². The van der Waals surface area contributed by atoms with Gasteiger partial charge in [-0.2, -0.15) is 0 Å². The maximum Gasteiger partial charge on any atom is 0.240 e. The molecule has 0 N–H and O–H groups in total. The van der Waals surface area contributed by atoms with Crippen LogP contribution in [0.3, 0.4) is 0 Å². The van der Waals surface area contributed by atoms with Gasteiger partial charge in [-0.1, -0.05) is 65.1 Å². The maximum atomic E-state index is 5.69. The molecule has 0 saturated carbocycles. The second kappa shape index (κ2) is 5.11. The average Bonchev–Trinajstić information content (AvgIpc) is 2.67. The van der Waals surface area contributed by atoms with Crippen molar-refractivity contribution in [1.82, 2.24) is 0 Å². The van der Waals surface area contributed by atoms with Crippen molar-refractivity contribution in [2.24, 2.45) is 0 Å². The van der Waals surface area contributed by atoms with Crippen LogP contribution in [0.15, 0.2) is 30.3 Å². The molecule has 0 spiro atoms. The van der Waals surface area contributed by atoms with Crippen molar-refractivity contribution in [2.75, 3.05) is 6.61 Å². The van der Waals surface area contributed by atoms with Crippen LogP contribution in [0.25, 0.3) is 0 Å². The molecule has 1 aliphatic heterocycles. The minimum Gasteiger partial charge on any atom is -0.346 e. The lowest BCUT2D eigenvalue weighted by molar-refractivity contribution is -0.0530. The Balaban J connectivity index is 1.91. The molecule has 0 aliphatic carbocycles. The topological polar surface area (TPSA) is 18.5 Å². The molecule has 0 aromatic heterocycles. The summed E-state index contributed by atoms with van der Waals surface area (Å²) >= 11 is 17.1.